The first-order valence-corrected chi connectivity index (χ1v) is 9.36. The van der Waals surface area contributed by atoms with Crippen LogP contribution in [-0.4, -0.2) is 59.6 Å². The van der Waals surface area contributed by atoms with E-state index in [0.29, 0.717) is 44.5 Å². The predicted octanol–water partition coefficient (Wildman–Crippen LogP) is 2.46. The van der Waals surface area contributed by atoms with Crippen LogP contribution < -0.4 is 0 Å². The molecule has 0 aromatic carbocycles. The largest absolute Gasteiger partial charge is 0.456 e. The molecule has 0 atom stereocenters. The van der Waals surface area contributed by atoms with Gasteiger partial charge in [0.25, 0.3) is 0 Å². The summed E-state index contributed by atoms with van der Waals surface area (Å²) >= 11 is 0. The van der Waals surface area contributed by atoms with Crippen molar-refractivity contribution in [2.45, 2.75) is 59.0 Å². The molecule has 2 amide bonds. The first-order valence-electron chi connectivity index (χ1n) is 9.36. The Morgan fingerprint density at radius 3 is 2.35 bits per heavy atom. The summed E-state index contributed by atoms with van der Waals surface area (Å²) in [6, 6.07) is 0. The van der Waals surface area contributed by atoms with Gasteiger partial charge in [-0.05, 0) is 46.5 Å². The van der Waals surface area contributed by atoms with E-state index < -0.39 is 11.0 Å². The molecular weight excluding hydrogens is 336 g/mol. The Morgan fingerprint density at radius 2 is 1.77 bits per heavy atom. The molecule has 0 aromatic heterocycles. The van der Waals surface area contributed by atoms with Gasteiger partial charge in [-0.25, -0.2) is 9.59 Å². The van der Waals surface area contributed by atoms with Crippen molar-refractivity contribution in [1.29, 1.82) is 0 Å². The third-order valence-corrected chi connectivity index (χ3v) is 5.50. The highest BCUT2D eigenvalue weighted by Gasteiger charge is 2.50. The maximum Gasteiger partial charge on any atom is 0.410 e. The maximum absolute atomic E-state index is 13.1. The molecule has 7 heteroatoms. The summed E-state index contributed by atoms with van der Waals surface area (Å²) in [7, 11) is 0. The van der Waals surface area contributed by atoms with Crippen molar-refractivity contribution in [2.24, 2.45) is 5.41 Å². The van der Waals surface area contributed by atoms with Gasteiger partial charge in [-0.2, -0.15) is 0 Å². The topological polar surface area (TPSA) is 76.2 Å². The summed E-state index contributed by atoms with van der Waals surface area (Å²) in [5.41, 5.74) is 0.385. The minimum Gasteiger partial charge on any atom is -0.456 e. The van der Waals surface area contributed by atoms with E-state index in [2.05, 4.69) is 0 Å². The number of hydrogen-bond donors (Lipinski definition) is 0. The quantitative estimate of drug-likeness (QED) is 0.704. The molecule has 7 nitrogen and oxygen atoms in total. The van der Waals surface area contributed by atoms with Gasteiger partial charge in [-0.3, -0.25) is 4.79 Å². The van der Waals surface area contributed by atoms with Crippen LogP contribution in [0.1, 0.15) is 53.4 Å². The molecule has 0 saturated carbocycles. The minimum absolute atomic E-state index is 0.0700. The fraction of sp³-hybridized carbons (Fsp3) is 0.737. The Hall–Kier alpha value is -2.05. The van der Waals surface area contributed by atoms with Crippen molar-refractivity contribution in [2.75, 3.05) is 26.2 Å². The number of cyclic esters (lactones) is 1. The fourth-order valence-electron chi connectivity index (χ4n) is 4.00. The summed E-state index contributed by atoms with van der Waals surface area (Å²) in [4.78, 5) is 40.6. The van der Waals surface area contributed by atoms with E-state index in [-0.39, 0.29) is 24.6 Å². The standard InChI is InChI=1S/C19H28N2O5/c1-5-13-14(12-25-15(13)22)21-11-8-19(16(21)23)6-9-20(10-7-19)17(24)26-18(2,3)4/h5-12H2,1-4H3. The van der Waals surface area contributed by atoms with Gasteiger partial charge in [0.2, 0.25) is 5.91 Å². The zero-order valence-electron chi connectivity index (χ0n) is 16.1. The summed E-state index contributed by atoms with van der Waals surface area (Å²) < 4.78 is 10.6. The lowest BCUT2D eigenvalue weighted by Gasteiger charge is -2.38. The van der Waals surface area contributed by atoms with Crippen LogP contribution in [-0.2, 0) is 19.1 Å². The van der Waals surface area contributed by atoms with Gasteiger partial charge in [0.05, 0.1) is 16.7 Å². The van der Waals surface area contributed by atoms with Crippen molar-refractivity contribution in [1.82, 2.24) is 9.80 Å². The lowest BCUT2D eigenvalue weighted by molar-refractivity contribution is -0.138. The molecule has 3 heterocycles. The smallest absolute Gasteiger partial charge is 0.410 e. The normalized spacial score (nSPS) is 23.1. The number of ether oxygens (including phenoxy) is 2. The molecule has 144 valence electrons. The van der Waals surface area contributed by atoms with E-state index >= 15 is 0 Å². The molecule has 0 radical (unpaired) electrons. The van der Waals surface area contributed by atoms with E-state index in [1.807, 2.05) is 27.7 Å². The number of hydrogen-bond acceptors (Lipinski definition) is 5. The molecule has 0 aromatic rings. The van der Waals surface area contributed by atoms with Gasteiger partial charge in [0.1, 0.15) is 12.2 Å². The lowest BCUT2D eigenvalue weighted by Crippen LogP contribution is -2.47. The molecule has 0 unspecified atom stereocenters. The Morgan fingerprint density at radius 1 is 1.15 bits per heavy atom. The number of piperidine rings is 1. The molecular formula is C19H28N2O5. The van der Waals surface area contributed by atoms with Crippen LogP contribution in [0.3, 0.4) is 0 Å². The summed E-state index contributed by atoms with van der Waals surface area (Å²) in [6.07, 6.45) is 2.26. The van der Waals surface area contributed by atoms with Gasteiger partial charge in [-0.1, -0.05) is 6.92 Å². The van der Waals surface area contributed by atoms with Gasteiger partial charge < -0.3 is 19.3 Å². The van der Waals surface area contributed by atoms with Crippen LogP contribution in [0.25, 0.3) is 0 Å². The van der Waals surface area contributed by atoms with Crippen LogP contribution in [0.5, 0.6) is 0 Å². The Labute approximate surface area is 154 Å². The first-order chi connectivity index (χ1) is 12.2. The maximum atomic E-state index is 13.1. The summed E-state index contributed by atoms with van der Waals surface area (Å²) in [6.45, 7) is 9.27. The fourth-order valence-corrected chi connectivity index (χ4v) is 4.00. The van der Waals surface area contributed by atoms with Gasteiger partial charge in [0, 0.05) is 19.6 Å². The van der Waals surface area contributed by atoms with Gasteiger partial charge in [-0.15, -0.1) is 0 Å². The third kappa shape index (κ3) is 3.31. The van der Waals surface area contributed by atoms with Crippen LogP contribution >= 0.6 is 0 Å². The van der Waals surface area contributed by atoms with E-state index in [1.54, 1.807) is 9.80 Å². The molecule has 26 heavy (non-hydrogen) atoms. The minimum atomic E-state index is -0.524. The van der Waals surface area contributed by atoms with Crippen molar-refractivity contribution in [3.63, 3.8) is 0 Å². The van der Waals surface area contributed by atoms with E-state index in [9.17, 15) is 14.4 Å². The number of rotatable bonds is 2. The molecule has 2 fully saturated rings. The Kier molecular flexibility index (Phi) is 4.75. The van der Waals surface area contributed by atoms with E-state index in [4.69, 9.17) is 9.47 Å². The number of esters is 1. The summed E-state index contributed by atoms with van der Waals surface area (Å²) in [5, 5.41) is 0. The second kappa shape index (κ2) is 6.59. The van der Waals surface area contributed by atoms with Gasteiger partial charge >= 0.3 is 12.1 Å². The van der Waals surface area contributed by atoms with Crippen molar-refractivity contribution in [3.05, 3.63) is 11.3 Å². The van der Waals surface area contributed by atoms with Crippen LogP contribution in [0.2, 0.25) is 0 Å². The monoisotopic (exact) mass is 364 g/mol. The van der Waals surface area contributed by atoms with Gasteiger partial charge in [0.15, 0.2) is 0 Å². The van der Waals surface area contributed by atoms with Crippen LogP contribution in [0.4, 0.5) is 4.79 Å². The van der Waals surface area contributed by atoms with Crippen molar-refractivity contribution >= 4 is 18.0 Å². The molecule has 0 N–H and O–H groups in total. The van der Waals surface area contributed by atoms with Crippen LogP contribution in [0, 0.1) is 5.41 Å². The average molecular weight is 364 g/mol. The SMILES string of the molecule is CCC1=C(N2CCC3(CCN(C(=O)OC(C)(C)C)CC3)C2=O)COC1=O. The molecule has 0 bridgehead atoms. The Balaban J connectivity index is 1.67. The Bertz CT molecular complexity index is 653. The number of nitrogens with zero attached hydrogens (tertiary/aromatic N) is 2. The highest BCUT2D eigenvalue weighted by atomic mass is 16.6. The average Bonchev–Trinajstić information content (AvgIpc) is 3.07. The third-order valence-electron chi connectivity index (χ3n) is 5.50. The van der Waals surface area contributed by atoms with Crippen molar-refractivity contribution < 1.29 is 23.9 Å². The zero-order chi connectivity index (χ0) is 19.1. The number of likely N-dealkylation sites (tertiary alicyclic amines) is 2. The highest BCUT2D eigenvalue weighted by Crippen LogP contribution is 2.44. The number of amides is 2. The van der Waals surface area contributed by atoms with Crippen LogP contribution in [0.15, 0.2) is 11.3 Å². The first kappa shape index (κ1) is 18.7. The number of carbonyl (C=O) groups excluding carboxylic acids is 3. The van der Waals surface area contributed by atoms with E-state index in [0.717, 1.165) is 12.1 Å². The summed E-state index contributed by atoms with van der Waals surface area (Å²) in [5.74, 6) is -0.239. The molecule has 3 aliphatic rings. The molecule has 0 aliphatic carbocycles. The predicted molar refractivity (Wildman–Crippen MR) is 94.1 cm³/mol. The molecule has 2 saturated heterocycles. The lowest BCUT2D eigenvalue weighted by atomic mass is 9.77. The van der Waals surface area contributed by atoms with Crippen molar-refractivity contribution in [3.8, 4) is 0 Å². The molecule has 3 rings (SSSR count). The van der Waals surface area contributed by atoms with E-state index in [1.165, 1.54) is 0 Å². The molecule has 3 aliphatic heterocycles. The molecule has 1 spiro atoms. The number of carbonyl (C=O) groups is 3. The highest BCUT2D eigenvalue weighted by molar-refractivity contribution is 5.94. The zero-order valence-corrected chi connectivity index (χ0v) is 16.1. The second-order valence-corrected chi connectivity index (χ2v) is 8.31. The second-order valence-electron chi connectivity index (χ2n) is 8.31.